The molecule has 104 valence electrons. The molecular formula is C16H19N3O. The van der Waals surface area contributed by atoms with E-state index in [9.17, 15) is 0 Å². The Balaban J connectivity index is 1.89. The van der Waals surface area contributed by atoms with E-state index in [0.717, 1.165) is 23.4 Å². The Morgan fingerprint density at radius 3 is 2.65 bits per heavy atom. The molecule has 0 saturated heterocycles. The van der Waals surface area contributed by atoms with Crippen molar-refractivity contribution in [1.29, 1.82) is 5.41 Å². The second-order valence-electron chi connectivity index (χ2n) is 4.42. The molecule has 0 aliphatic rings. The second kappa shape index (κ2) is 7.28. The lowest BCUT2D eigenvalue weighted by molar-refractivity contribution is 0.317. The van der Waals surface area contributed by atoms with E-state index < -0.39 is 0 Å². The van der Waals surface area contributed by atoms with E-state index in [1.54, 1.807) is 6.20 Å². The number of nitrogens with zero attached hydrogens (tertiary/aromatic N) is 1. The summed E-state index contributed by atoms with van der Waals surface area (Å²) in [6, 6.07) is 13.3. The third kappa shape index (κ3) is 4.09. The quantitative estimate of drug-likeness (QED) is 0.626. The maximum atomic E-state index is 8.01. The minimum atomic E-state index is 0.387. The molecule has 2 N–H and O–H groups in total. The number of hydrogen-bond donors (Lipinski definition) is 2. The van der Waals surface area contributed by atoms with Gasteiger partial charge in [0.2, 0.25) is 0 Å². The Bertz CT molecular complexity index is 537. The van der Waals surface area contributed by atoms with Gasteiger partial charge in [0.1, 0.15) is 11.6 Å². The lowest BCUT2D eigenvalue weighted by Gasteiger charge is -2.09. The van der Waals surface area contributed by atoms with Gasteiger partial charge in [-0.3, -0.25) is 10.4 Å². The van der Waals surface area contributed by atoms with Gasteiger partial charge in [-0.2, -0.15) is 0 Å². The van der Waals surface area contributed by atoms with Crippen LogP contribution in [-0.4, -0.2) is 17.4 Å². The van der Waals surface area contributed by atoms with Gasteiger partial charge in [0.05, 0.1) is 18.8 Å². The van der Waals surface area contributed by atoms with E-state index in [1.807, 2.05) is 42.5 Å². The van der Waals surface area contributed by atoms with Crippen LogP contribution in [0.3, 0.4) is 0 Å². The molecule has 1 aromatic heterocycles. The van der Waals surface area contributed by atoms with Crippen molar-refractivity contribution in [3.8, 4) is 5.75 Å². The summed E-state index contributed by atoms with van der Waals surface area (Å²) < 4.78 is 5.52. The highest BCUT2D eigenvalue weighted by Gasteiger charge is 2.02. The monoisotopic (exact) mass is 269 g/mol. The average Bonchev–Trinajstić information content (AvgIpc) is 2.52. The highest BCUT2D eigenvalue weighted by atomic mass is 16.5. The number of amidine groups is 1. The molecule has 0 saturated carbocycles. The van der Waals surface area contributed by atoms with Crippen LogP contribution < -0.4 is 10.1 Å². The van der Waals surface area contributed by atoms with E-state index in [-0.39, 0.29) is 0 Å². The van der Waals surface area contributed by atoms with Gasteiger partial charge in [-0.1, -0.05) is 13.0 Å². The normalized spacial score (nSPS) is 10.1. The topological polar surface area (TPSA) is 58.0 Å². The van der Waals surface area contributed by atoms with E-state index in [4.69, 9.17) is 10.1 Å². The molecule has 0 radical (unpaired) electrons. The molecule has 0 unspecified atom stereocenters. The fourth-order valence-corrected chi connectivity index (χ4v) is 1.72. The second-order valence-corrected chi connectivity index (χ2v) is 4.42. The Morgan fingerprint density at radius 2 is 2.00 bits per heavy atom. The predicted molar refractivity (Wildman–Crippen MR) is 80.1 cm³/mol. The molecule has 2 aromatic rings. The molecular weight excluding hydrogens is 250 g/mol. The molecule has 0 amide bonds. The van der Waals surface area contributed by atoms with Crippen LogP contribution in [0.1, 0.15) is 24.6 Å². The molecule has 4 nitrogen and oxygen atoms in total. The zero-order chi connectivity index (χ0) is 14.2. The first-order chi connectivity index (χ1) is 9.79. The lowest BCUT2D eigenvalue weighted by Crippen LogP contribution is -2.23. The van der Waals surface area contributed by atoms with Crippen LogP contribution in [0.5, 0.6) is 5.75 Å². The van der Waals surface area contributed by atoms with E-state index in [2.05, 4.69) is 17.2 Å². The number of rotatable bonds is 6. The maximum absolute atomic E-state index is 8.01. The fraction of sp³-hybridized carbons (Fsp3) is 0.250. The average molecular weight is 269 g/mol. The first-order valence-electron chi connectivity index (χ1n) is 6.75. The summed E-state index contributed by atoms with van der Waals surface area (Å²) in [7, 11) is 0. The van der Waals surface area contributed by atoms with Crippen LogP contribution >= 0.6 is 0 Å². The summed E-state index contributed by atoms with van der Waals surface area (Å²) in [6.45, 7) is 3.34. The van der Waals surface area contributed by atoms with Crippen molar-refractivity contribution in [2.24, 2.45) is 0 Å². The fourth-order valence-electron chi connectivity index (χ4n) is 1.72. The van der Waals surface area contributed by atoms with Gasteiger partial charge in [0.15, 0.2) is 0 Å². The van der Waals surface area contributed by atoms with Crippen molar-refractivity contribution in [1.82, 2.24) is 10.3 Å². The first-order valence-corrected chi connectivity index (χ1v) is 6.75. The number of benzene rings is 1. The molecule has 0 fully saturated rings. The lowest BCUT2D eigenvalue weighted by atomic mass is 10.2. The number of nitrogens with one attached hydrogen (secondary N) is 2. The van der Waals surface area contributed by atoms with Gasteiger partial charge < -0.3 is 10.1 Å². The summed E-state index contributed by atoms with van der Waals surface area (Å²) >= 11 is 0. The minimum Gasteiger partial charge on any atom is -0.494 e. The Hall–Kier alpha value is -2.36. The number of aromatic nitrogens is 1. The molecule has 0 atom stereocenters. The molecule has 0 aliphatic carbocycles. The van der Waals surface area contributed by atoms with E-state index in [1.165, 1.54) is 0 Å². The molecule has 0 spiro atoms. The standard InChI is InChI=1S/C16H19N3O/c1-2-11-20-15-8-6-13(7-9-15)16(17)19-12-14-5-3-4-10-18-14/h3-10H,2,11-12H2,1H3,(H2,17,19). The smallest absolute Gasteiger partial charge is 0.125 e. The van der Waals surface area contributed by atoms with Crippen molar-refractivity contribution in [3.05, 3.63) is 59.9 Å². The molecule has 1 heterocycles. The van der Waals surface area contributed by atoms with Crippen molar-refractivity contribution in [2.45, 2.75) is 19.9 Å². The number of hydrogen-bond acceptors (Lipinski definition) is 3. The van der Waals surface area contributed by atoms with Crippen molar-refractivity contribution in [3.63, 3.8) is 0 Å². The summed E-state index contributed by atoms with van der Waals surface area (Å²) in [5.41, 5.74) is 1.75. The minimum absolute atomic E-state index is 0.387. The third-order valence-electron chi connectivity index (χ3n) is 2.79. The summed E-state index contributed by atoms with van der Waals surface area (Å²) in [5, 5.41) is 11.1. The number of pyridine rings is 1. The summed E-state index contributed by atoms with van der Waals surface area (Å²) in [6.07, 6.45) is 2.74. The SMILES string of the molecule is CCCOc1ccc(C(=N)NCc2ccccn2)cc1. The van der Waals surface area contributed by atoms with Crippen LogP contribution in [0.25, 0.3) is 0 Å². The molecule has 2 rings (SSSR count). The van der Waals surface area contributed by atoms with E-state index in [0.29, 0.717) is 19.0 Å². The molecule has 1 aromatic carbocycles. The highest BCUT2D eigenvalue weighted by Crippen LogP contribution is 2.12. The summed E-state index contributed by atoms with van der Waals surface area (Å²) in [5.74, 6) is 1.23. The zero-order valence-corrected chi connectivity index (χ0v) is 11.6. The van der Waals surface area contributed by atoms with Gasteiger partial charge in [-0.15, -0.1) is 0 Å². The van der Waals surface area contributed by atoms with Crippen molar-refractivity contribution >= 4 is 5.84 Å². The van der Waals surface area contributed by atoms with Gasteiger partial charge in [0.25, 0.3) is 0 Å². The van der Waals surface area contributed by atoms with Gasteiger partial charge >= 0.3 is 0 Å². The maximum Gasteiger partial charge on any atom is 0.125 e. The van der Waals surface area contributed by atoms with Crippen molar-refractivity contribution in [2.75, 3.05) is 6.61 Å². The molecule has 20 heavy (non-hydrogen) atoms. The third-order valence-corrected chi connectivity index (χ3v) is 2.79. The van der Waals surface area contributed by atoms with Gasteiger partial charge in [-0.05, 0) is 42.8 Å². The first kappa shape index (κ1) is 14.1. The molecule has 0 aliphatic heterocycles. The van der Waals surface area contributed by atoms with Gasteiger partial charge in [-0.25, -0.2) is 0 Å². The van der Waals surface area contributed by atoms with Gasteiger partial charge in [0, 0.05) is 11.8 Å². The van der Waals surface area contributed by atoms with Crippen LogP contribution in [-0.2, 0) is 6.54 Å². The molecule has 4 heteroatoms. The Kier molecular flexibility index (Phi) is 5.12. The van der Waals surface area contributed by atoms with Crippen LogP contribution in [0.2, 0.25) is 0 Å². The Morgan fingerprint density at radius 1 is 1.20 bits per heavy atom. The highest BCUT2D eigenvalue weighted by molar-refractivity contribution is 5.96. The summed E-state index contributed by atoms with van der Waals surface area (Å²) in [4.78, 5) is 4.21. The zero-order valence-electron chi connectivity index (χ0n) is 11.6. The van der Waals surface area contributed by atoms with E-state index >= 15 is 0 Å². The van der Waals surface area contributed by atoms with Crippen LogP contribution in [0.15, 0.2) is 48.7 Å². The largest absolute Gasteiger partial charge is 0.494 e. The predicted octanol–water partition coefficient (Wildman–Crippen LogP) is 2.99. The molecule has 0 bridgehead atoms. The number of ether oxygens (including phenoxy) is 1. The van der Waals surface area contributed by atoms with Crippen LogP contribution in [0, 0.1) is 5.41 Å². The van der Waals surface area contributed by atoms with Crippen LogP contribution in [0.4, 0.5) is 0 Å². The van der Waals surface area contributed by atoms with Crippen molar-refractivity contribution < 1.29 is 4.74 Å². The Labute approximate surface area is 119 Å².